The van der Waals surface area contributed by atoms with Crippen LogP contribution in [-0.4, -0.2) is 54.1 Å². The number of benzene rings is 2. The molecular formula is C21H21FN4O3S. The van der Waals surface area contributed by atoms with Gasteiger partial charge < -0.3 is 18.8 Å². The van der Waals surface area contributed by atoms with Crippen molar-refractivity contribution < 1.29 is 18.3 Å². The lowest BCUT2D eigenvalue weighted by Gasteiger charge is -2.35. The highest BCUT2D eigenvalue weighted by Crippen LogP contribution is 2.34. The van der Waals surface area contributed by atoms with Crippen LogP contribution in [0.1, 0.15) is 0 Å². The van der Waals surface area contributed by atoms with Crippen LogP contribution in [0.15, 0.2) is 46.9 Å². The van der Waals surface area contributed by atoms with Crippen LogP contribution in [0.4, 0.5) is 10.1 Å². The molecule has 0 aliphatic carbocycles. The van der Waals surface area contributed by atoms with Crippen LogP contribution in [0.3, 0.4) is 0 Å². The molecule has 3 heterocycles. The van der Waals surface area contributed by atoms with Gasteiger partial charge in [-0.05, 0) is 54.7 Å². The molecule has 156 valence electrons. The Balaban J connectivity index is 1.25. The van der Waals surface area contributed by atoms with Crippen LogP contribution in [0.25, 0.3) is 11.5 Å². The van der Waals surface area contributed by atoms with Crippen LogP contribution in [0.5, 0.6) is 11.5 Å². The van der Waals surface area contributed by atoms with Crippen molar-refractivity contribution in [3.8, 4) is 23.0 Å². The van der Waals surface area contributed by atoms with Crippen molar-refractivity contribution in [3.05, 3.63) is 53.1 Å². The summed E-state index contributed by atoms with van der Waals surface area (Å²) in [4.78, 5) is 4.85. The molecule has 0 unspecified atom stereocenters. The van der Waals surface area contributed by atoms with Gasteiger partial charge >= 0.3 is 0 Å². The van der Waals surface area contributed by atoms with E-state index in [4.69, 9.17) is 26.1 Å². The van der Waals surface area contributed by atoms with Gasteiger partial charge in [-0.25, -0.2) is 9.07 Å². The minimum absolute atomic E-state index is 0.216. The highest BCUT2D eigenvalue weighted by Gasteiger charge is 2.20. The zero-order chi connectivity index (χ0) is 20.5. The summed E-state index contributed by atoms with van der Waals surface area (Å²) in [7, 11) is 0. The maximum Gasteiger partial charge on any atom is 0.288 e. The molecule has 0 saturated carbocycles. The number of aromatic nitrogens is 2. The zero-order valence-electron chi connectivity index (χ0n) is 16.3. The summed E-state index contributed by atoms with van der Waals surface area (Å²) < 4.78 is 31.8. The Morgan fingerprint density at radius 2 is 1.67 bits per heavy atom. The minimum atomic E-state index is -0.216. The van der Waals surface area contributed by atoms with E-state index in [1.54, 1.807) is 4.68 Å². The molecule has 2 aliphatic heterocycles. The summed E-state index contributed by atoms with van der Waals surface area (Å²) in [5, 5.41) is 4.56. The molecule has 9 heteroatoms. The SMILES string of the molecule is Fc1ccc(N2CCN(Cn3nc(-c4ccc5c(c4)OCCO5)oc3=S)CC2)cc1. The number of halogens is 1. The molecule has 1 fully saturated rings. The van der Waals surface area contributed by atoms with Gasteiger partial charge in [-0.2, -0.15) is 0 Å². The molecule has 0 radical (unpaired) electrons. The van der Waals surface area contributed by atoms with Crippen molar-refractivity contribution in [2.75, 3.05) is 44.3 Å². The first-order valence-electron chi connectivity index (χ1n) is 9.86. The van der Waals surface area contributed by atoms with Crippen molar-refractivity contribution in [1.29, 1.82) is 0 Å². The Hall–Kier alpha value is -2.91. The van der Waals surface area contributed by atoms with Crippen molar-refractivity contribution in [3.63, 3.8) is 0 Å². The zero-order valence-corrected chi connectivity index (χ0v) is 17.1. The topological polar surface area (TPSA) is 55.9 Å². The second-order valence-electron chi connectivity index (χ2n) is 7.25. The van der Waals surface area contributed by atoms with E-state index in [0.717, 1.165) is 43.2 Å². The summed E-state index contributed by atoms with van der Waals surface area (Å²) in [6.07, 6.45) is 0. The second kappa shape index (κ2) is 8.08. The van der Waals surface area contributed by atoms with Crippen LogP contribution < -0.4 is 14.4 Å². The number of ether oxygens (including phenoxy) is 2. The third kappa shape index (κ3) is 3.90. The first-order chi connectivity index (χ1) is 14.7. The van der Waals surface area contributed by atoms with E-state index < -0.39 is 0 Å². The third-order valence-electron chi connectivity index (χ3n) is 5.29. The molecule has 3 aromatic rings. The minimum Gasteiger partial charge on any atom is -0.486 e. The van der Waals surface area contributed by atoms with Gasteiger partial charge in [0.05, 0.1) is 6.67 Å². The van der Waals surface area contributed by atoms with Gasteiger partial charge in [0.15, 0.2) is 11.5 Å². The van der Waals surface area contributed by atoms with Gasteiger partial charge in [-0.1, -0.05) is 0 Å². The molecule has 1 saturated heterocycles. The Labute approximate surface area is 178 Å². The maximum absolute atomic E-state index is 13.1. The van der Waals surface area contributed by atoms with Crippen molar-refractivity contribution in [1.82, 2.24) is 14.7 Å². The highest BCUT2D eigenvalue weighted by atomic mass is 32.1. The van der Waals surface area contributed by atoms with E-state index in [2.05, 4.69) is 14.9 Å². The lowest BCUT2D eigenvalue weighted by atomic mass is 10.2. The number of nitrogens with zero attached hydrogens (tertiary/aromatic N) is 4. The molecular weight excluding hydrogens is 407 g/mol. The lowest BCUT2D eigenvalue weighted by molar-refractivity contribution is 0.171. The van der Waals surface area contributed by atoms with Crippen molar-refractivity contribution in [2.24, 2.45) is 0 Å². The predicted molar refractivity (Wildman–Crippen MR) is 112 cm³/mol. The monoisotopic (exact) mass is 428 g/mol. The molecule has 0 spiro atoms. The van der Waals surface area contributed by atoms with Gasteiger partial charge in [-0.3, -0.25) is 4.90 Å². The number of fused-ring (bicyclic) bond motifs is 1. The van der Waals surface area contributed by atoms with Crippen LogP contribution >= 0.6 is 12.2 Å². The highest BCUT2D eigenvalue weighted by molar-refractivity contribution is 7.71. The smallest absolute Gasteiger partial charge is 0.288 e. The van der Waals surface area contributed by atoms with Crippen molar-refractivity contribution in [2.45, 2.75) is 6.67 Å². The Morgan fingerprint density at radius 3 is 2.43 bits per heavy atom. The van der Waals surface area contributed by atoms with Gasteiger partial charge in [0.25, 0.3) is 4.84 Å². The molecule has 1 aromatic heterocycles. The normalized spacial score (nSPS) is 16.6. The largest absolute Gasteiger partial charge is 0.486 e. The average molecular weight is 428 g/mol. The Morgan fingerprint density at radius 1 is 0.933 bits per heavy atom. The third-order valence-corrected chi connectivity index (χ3v) is 5.59. The summed E-state index contributed by atoms with van der Waals surface area (Å²) in [6.45, 7) is 5.05. The second-order valence-corrected chi connectivity index (χ2v) is 7.60. The van der Waals surface area contributed by atoms with Gasteiger partial charge in [0.1, 0.15) is 19.0 Å². The fourth-order valence-electron chi connectivity index (χ4n) is 3.68. The lowest BCUT2D eigenvalue weighted by Crippen LogP contribution is -2.46. The van der Waals surface area contributed by atoms with E-state index in [0.29, 0.717) is 36.4 Å². The molecule has 2 aromatic carbocycles. The van der Waals surface area contributed by atoms with E-state index in [9.17, 15) is 4.39 Å². The van der Waals surface area contributed by atoms with Crippen LogP contribution in [0, 0.1) is 10.7 Å². The summed E-state index contributed by atoms with van der Waals surface area (Å²) in [6, 6.07) is 12.2. The predicted octanol–water partition coefficient (Wildman–Crippen LogP) is 3.56. The molecule has 0 atom stereocenters. The molecule has 2 aliphatic rings. The number of rotatable bonds is 4. The average Bonchev–Trinajstić information content (AvgIpc) is 3.15. The van der Waals surface area contributed by atoms with E-state index >= 15 is 0 Å². The summed E-state index contributed by atoms with van der Waals surface area (Å²) in [5.74, 6) is 1.65. The number of hydrogen-bond donors (Lipinski definition) is 0. The number of piperazine rings is 1. The Bertz CT molecular complexity index is 1090. The van der Waals surface area contributed by atoms with Gasteiger partial charge in [0.2, 0.25) is 5.89 Å². The molecule has 0 bridgehead atoms. The van der Waals surface area contributed by atoms with E-state index in [1.165, 1.54) is 12.1 Å². The van der Waals surface area contributed by atoms with Crippen LogP contribution in [0.2, 0.25) is 0 Å². The molecule has 0 N–H and O–H groups in total. The molecule has 5 rings (SSSR count). The van der Waals surface area contributed by atoms with E-state index in [-0.39, 0.29) is 5.82 Å². The quantitative estimate of drug-likeness (QED) is 0.589. The van der Waals surface area contributed by atoms with Crippen molar-refractivity contribution >= 4 is 17.9 Å². The standard InChI is InChI=1S/C21H21FN4O3S/c22-16-2-4-17(5-3-16)25-9-7-24(8-10-25)14-26-21(30)29-20(23-26)15-1-6-18-19(13-15)28-12-11-27-18/h1-6,13H,7-12,14H2. The number of hydrogen-bond acceptors (Lipinski definition) is 7. The molecule has 30 heavy (non-hydrogen) atoms. The fourth-order valence-corrected chi connectivity index (χ4v) is 3.86. The molecule has 0 amide bonds. The first-order valence-corrected chi connectivity index (χ1v) is 10.3. The van der Waals surface area contributed by atoms with E-state index in [1.807, 2.05) is 30.3 Å². The summed E-state index contributed by atoms with van der Waals surface area (Å²) in [5.41, 5.74) is 1.83. The van der Waals surface area contributed by atoms with Crippen LogP contribution in [-0.2, 0) is 6.67 Å². The maximum atomic E-state index is 13.1. The molecule has 7 nitrogen and oxygen atoms in total. The van der Waals surface area contributed by atoms with Gasteiger partial charge in [-0.15, -0.1) is 5.10 Å². The Kier molecular flexibility index (Phi) is 5.14. The first kappa shape index (κ1) is 19.1. The summed E-state index contributed by atoms with van der Waals surface area (Å²) >= 11 is 5.38. The fraction of sp³-hybridized carbons (Fsp3) is 0.333. The number of anilines is 1. The van der Waals surface area contributed by atoms with Gasteiger partial charge in [0, 0.05) is 37.4 Å².